The molecule has 1 aromatic carbocycles. The summed E-state index contributed by atoms with van der Waals surface area (Å²) in [6.07, 6.45) is 0. The van der Waals surface area contributed by atoms with Crippen LogP contribution < -0.4 is 0 Å². The standard InChI is InChI=1S/C14H17N3O3/c1-4-20-14(19)12(16-15)13(18)17(3)10(2)11-8-6-5-7-9-11/h5-10H,4H2,1-3H3/t10-/m0/s1. The number of ether oxygens (including phenoxy) is 1. The second-order valence-electron chi connectivity index (χ2n) is 4.17. The fourth-order valence-corrected chi connectivity index (χ4v) is 1.67. The maximum atomic E-state index is 12.1. The minimum absolute atomic E-state index is 0.100. The molecule has 0 fully saturated rings. The number of nitrogens with zero attached hydrogens (tertiary/aromatic N) is 3. The summed E-state index contributed by atoms with van der Waals surface area (Å²) in [5.41, 5.74) is 9.11. The summed E-state index contributed by atoms with van der Waals surface area (Å²) >= 11 is 0. The molecule has 1 aromatic rings. The Bertz CT molecular complexity index is 536. The topological polar surface area (TPSA) is 83.0 Å². The zero-order valence-electron chi connectivity index (χ0n) is 11.7. The lowest BCUT2D eigenvalue weighted by Gasteiger charge is -2.23. The molecule has 0 aliphatic carbocycles. The highest BCUT2D eigenvalue weighted by Crippen LogP contribution is 2.18. The van der Waals surface area contributed by atoms with E-state index in [-0.39, 0.29) is 12.6 Å². The van der Waals surface area contributed by atoms with E-state index in [9.17, 15) is 9.59 Å². The maximum absolute atomic E-state index is 12.1. The number of hydrogen-bond acceptors (Lipinski definition) is 3. The van der Waals surface area contributed by atoms with E-state index in [2.05, 4.69) is 9.53 Å². The van der Waals surface area contributed by atoms with Gasteiger partial charge in [-0.2, -0.15) is 4.79 Å². The molecule has 0 saturated heterocycles. The van der Waals surface area contributed by atoms with Gasteiger partial charge in [0.15, 0.2) is 0 Å². The third-order valence-corrected chi connectivity index (χ3v) is 2.95. The molecule has 20 heavy (non-hydrogen) atoms. The molecule has 0 bridgehead atoms. The molecule has 0 N–H and O–H groups in total. The molecular weight excluding hydrogens is 258 g/mol. The largest absolute Gasteiger partial charge is 0.463 e. The van der Waals surface area contributed by atoms with Crippen molar-refractivity contribution < 1.29 is 19.1 Å². The molecule has 6 nitrogen and oxygen atoms in total. The summed E-state index contributed by atoms with van der Waals surface area (Å²) in [7, 11) is 1.53. The summed E-state index contributed by atoms with van der Waals surface area (Å²) < 4.78 is 4.67. The first-order valence-electron chi connectivity index (χ1n) is 6.24. The quantitative estimate of drug-likeness (QED) is 0.268. The third-order valence-electron chi connectivity index (χ3n) is 2.95. The van der Waals surface area contributed by atoms with Crippen molar-refractivity contribution in [1.82, 2.24) is 4.90 Å². The Hall–Kier alpha value is -2.46. The van der Waals surface area contributed by atoms with Crippen LogP contribution in [0.5, 0.6) is 0 Å². The lowest BCUT2D eigenvalue weighted by Crippen LogP contribution is -2.40. The van der Waals surface area contributed by atoms with Gasteiger partial charge in [-0.15, -0.1) is 0 Å². The lowest BCUT2D eigenvalue weighted by molar-refractivity contribution is -0.144. The van der Waals surface area contributed by atoms with E-state index in [1.54, 1.807) is 6.92 Å². The minimum Gasteiger partial charge on any atom is -0.457 e. The molecule has 0 saturated carbocycles. The molecule has 1 amide bonds. The molecule has 0 aromatic heterocycles. The van der Waals surface area contributed by atoms with E-state index in [0.29, 0.717) is 0 Å². The lowest BCUT2D eigenvalue weighted by atomic mass is 10.1. The van der Waals surface area contributed by atoms with E-state index < -0.39 is 17.6 Å². The van der Waals surface area contributed by atoms with Crippen LogP contribution in [-0.4, -0.2) is 40.9 Å². The average molecular weight is 275 g/mol. The van der Waals surface area contributed by atoms with E-state index in [0.717, 1.165) is 5.56 Å². The van der Waals surface area contributed by atoms with Crippen LogP contribution in [0, 0.1) is 0 Å². The van der Waals surface area contributed by atoms with E-state index in [1.165, 1.54) is 11.9 Å². The van der Waals surface area contributed by atoms with Crippen molar-refractivity contribution in [2.24, 2.45) is 0 Å². The normalized spacial score (nSPS) is 11.2. The summed E-state index contributed by atoms with van der Waals surface area (Å²) in [6.45, 7) is 3.52. The fourth-order valence-electron chi connectivity index (χ4n) is 1.67. The Labute approximate surface area is 117 Å². The molecule has 0 spiro atoms. The van der Waals surface area contributed by atoms with Crippen molar-refractivity contribution in [1.29, 1.82) is 0 Å². The van der Waals surface area contributed by atoms with E-state index >= 15 is 0 Å². The summed E-state index contributed by atoms with van der Waals surface area (Å²) in [6, 6.07) is 9.06. The number of carbonyl (C=O) groups excluding carboxylic acids is 2. The number of hydrogen-bond donors (Lipinski definition) is 0. The first kappa shape index (κ1) is 15.6. The summed E-state index contributed by atoms with van der Waals surface area (Å²) in [5.74, 6) is -1.63. The molecule has 0 heterocycles. The van der Waals surface area contributed by atoms with Gasteiger partial charge in [-0.1, -0.05) is 30.3 Å². The average Bonchev–Trinajstić information content (AvgIpc) is 2.47. The zero-order chi connectivity index (χ0) is 15.1. The number of rotatable bonds is 5. The highest BCUT2D eigenvalue weighted by Gasteiger charge is 2.35. The number of benzene rings is 1. The molecule has 0 aliphatic heterocycles. The Morgan fingerprint density at radius 3 is 2.45 bits per heavy atom. The van der Waals surface area contributed by atoms with Gasteiger partial charge in [0.05, 0.1) is 12.6 Å². The highest BCUT2D eigenvalue weighted by atomic mass is 16.5. The van der Waals surface area contributed by atoms with Gasteiger partial charge < -0.3 is 15.2 Å². The minimum atomic E-state index is -0.938. The smallest absolute Gasteiger partial charge is 0.457 e. The molecule has 1 atom stereocenters. The van der Waals surface area contributed by atoms with Crippen LogP contribution >= 0.6 is 0 Å². The number of amides is 1. The highest BCUT2D eigenvalue weighted by molar-refractivity contribution is 6.61. The monoisotopic (exact) mass is 275 g/mol. The van der Waals surface area contributed by atoms with Crippen LogP contribution in [0.15, 0.2) is 30.3 Å². The third kappa shape index (κ3) is 3.52. The fraction of sp³-hybridized carbons (Fsp3) is 0.357. The van der Waals surface area contributed by atoms with Crippen molar-refractivity contribution >= 4 is 17.6 Å². The number of esters is 1. The molecule has 0 radical (unpaired) electrons. The van der Waals surface area contributed by atoms with Crippen LogP contribution in [0.2, 0.25) is 0 Å². The Morgan fingerprint density at radius 2 is 1.95 bits per heavy atom. The van der Waals surface area contributed by atoms with Crippen LogP contribution in [0.3, 0.4) is 0 Å². The first-order valence-corrected chi connectivity index (χ1v) is 6.24. The Balaban J connectivity index is 2.91. The van der Waals surface area contributed by atoms with Gasteiger partial charge in [-0.3, -0.25) is 4.79 Å². The predicted octanol–water partition coefficient (Wildman–Crippen LogP) is 1.44. The van der Waals surface area contributed by atoms with Crippen LogP contribution in [0.4, 0.5) is 0 Å². The van der Waals surface area contributed by atoms with Gasteiger partial charge in [0.2, 0.25) is 0 Å². The van der Waals surface area contributed by atoms with E-state index in [4.69, 9.17) is 5.53 Å². The zero-order valence-corrected chi connectivity index (χ0v) is 11.7. The summed E-state index contributed by atoms with van der Waals surface area (Å²) in [5, 5.41) is 0. The maximum Gasteiger partial charge on any atom is 0.463 e. The second-order valence-corrected chi connectivity index (χ2v) is 4.17. The second kappa shape index (κ2) is 7.21. The summed E-state index contributed by atoms with van der Waals surface area (Å²) in [4.78, 5) is 27.7. The van der Waals surface area contributed by atoms with Gasteiger partial charge >= 0.3 is 17.6 Å². The van der Waals surface area contributed by atoms with Crippen molar-refractivity contribution in [3.63, 3.8) is 0 Å². The first-order chi connectivity index (χ1) is 9.52. The van der Waals surface area contributed by atoms with Gasteiger partial charge in [0, 0.05) is 7.05 Å². The van der Waals surface area contributed by atoms with Crippen molar-refractivity contribution in [2.45, 2.75) is 19.9 Å². The van der Waals surface area contributed by atoms with Gasteiger partial charge in [0.1, 0.15) is 0 Å². The van der Waals surface area contributed by atoms with Gasteiger partial charge in [-0.25, -0.2) is 4.79 Å². The number of carbonyl (C=O) groups is 2. The molecule has 0 aliphatic rings. The van der Waals surface area contributed by atoms with Crippen LogP contribution in [0.1, 0.15) is 25.5 Å². The van der Waals surface area contributed by atoms with Gasteiger partial charge in [0.25, 0.3) is 0 Å². The molecule has 6 heteroatoms. The molecular formula is C14H17N3O3. The SMILES string of the molecule is CCOC(=O)C(=[N+]=[N-])C(=O)N(C)[C@@H](C)c1ccccc1. The van der Waals surface area contributed by atoms with Crippen LogP contribution in [-0.2, 0) is 14.3 Å². The van der Waals surface area contributed by atoms with Crippen molar-refractivity contribution in [3.8, 4) is 0 Å². The molecule has 0 unspecified atom stereocenters. The Kier molecular flexibility index (Phi) is 5.62. The van der Waals surface area contributed by atoms with Crippen molar-refractivity contribution in [2.75, 3.05) is 13.7 Å². The van der Waals surface area contributed by atoms with Crippen molar-refractivity contribution in [3.05, 3.63) is 41.4 Å². The predicted molar refractivity (Wildman–Crippen MR) is 72.9 cm³/mol. The Morgan fingerprint density at radius 1 is 1.35 bits per heavy atom. The molecule has 1 rings (SSSR count). The van der Waals surface area contributed by atoms with Gasteiger partial charge in [-0.05, 0) is 19.4 Å². The molecule has 106 valence electrons. The van der Waals surface area contributed by atoms with E-state index in [1.807, 2.05) is 37.3 Å². The van der Waals surface area contributed by atoms with Crippen LogP contribution in [0.25, 0.3) is 5.53 Å².